The van der Waals surface area contributed by atoms with Gasteiger partial charge in [-0.1, -0.05) is 13.0 Å². The van der Waals surface area contributed by atoms with E-state index < -0.39 is 0 Å². The molecule has 114 valence electrons. The second-order valence-electron chi connectivity index (χ2n) is 4.89. The molecule has 0 amide bonds. The molecule has 21 heavy (non-hydrogen) atoms. The van der Waals surface area contributed by atoms with Crippen molar-refractivity contribution < 1.29 is 9.47 Å². The molecule has 0 aliphatic heterocycles. The smallest absolute Gasteiger partial charge is 0.161 e. The molecule has 0 radical (unpaired) electrons. The van der Waals surface area contributed by atoms with Crippen LogP contribution in [0.25, 0.3) is 0 Å². The molecule has 1 heterocycles. The van der Waals surface area contributed by atoms with Crippen LogP contribution in [0.5, 0.6) is 11.5 Å². The molecule has 1 N–H and O–H groups in total. The third-order valence-electron chi connectivity index (χ3n) is 3.56. The van der Waals surface area contributed by atoms with Crippen molar-refractivity contribution in [3.63, 3.8) is 0 Å². The number of hydrogen-bond acceptors (Lipinski definition) is 4. The van der Waals surface area contributed by atoms with Crippen molar-refractivity contribution in [1.29, 1.82) is 0 Å². The van der Waals surface area contributed by atoms with E-state index in [0.29, 0.717) is 6.04 Å². The molecule has 0 fully saturated rings. The molecule has 1 unspecified atom stereocenters. The minimum absolute atomic E-state index is 0.328. The number of methoxy groups -OCH3 is 2. The van der Waals surface area contributed by atoms with Crippen molar-refractivity contribution >= 4 is 11.3 Å². The highest BCUT2D eigenvalue weighted by molar-refractivity contribution is 7.07. The fraction of sp³-hybridized carbons (Fsp3) is 0.412. The van der Waals surface area contributed by atoms with Gasteiger partial charge >= 0.3 is 0 Å². The lowest BCUT2D eigenvalue weighted by atomic mass is 9.99. The molecule has 2 rings (SSSR count). The SMILES string of the molecule is CCNC(CCc1ccsc1)c1ccc(OC)c(OC)c1. The monoisotopic (exact) mass is 305 g/mol. The van der Waals surface area contributed by atoms with Gasteiger partial charge in [-0.25, -0.2) is 0 Å². The minimum atomic E-state index is 0.328. The van der Waals surface area contributed by atoms with Gasteiger partial charge in [-0.15, -0.1) is 0 Å². The lowest BCUT2D eigenvalue weighted by Gasteiger charge is -2.19. The fourth-order valence-electron chi connectivity index (χ4n) is 2.45. The maximum absolute atomic E-state index is 5.40. The first-order valence-electron chi connectivity index (χ1n) is 7.24. The van der Waals surface area contributed by atoms with Gasteiger partial charge in [0.1, 0.15) is 0 Å². The van der Waals surface area contributed by atoms with Gasteiger partial charge in [0.25, 0.3) is 0 Å². The summed E-state index contributed by atoms with van der Waals surface area (Å²) in [7, 11) is 3.34. The molecule has 0 bridgehead atoms. The molecule has 1 atom stereocenters. The maximum atomic E-state index is 5.40. The van der Waals surface area contributed by atoms with Crippen LogP contribution < -0.4 is 14.8 Å². The average molecular weight is 305 g/mol. The molecule has 4 heteroatoms. The Morgan fingerprint density at radius 3 is 2.57 bits per heavy atom. The van der Waals surface area contributed by atoms with Crippen LogP contribution >= 0.6 is 11.3 Å². The van der Waals surface area contributed by atoms with Crippen molar-refractivity contribution in [2.75, 3.05) is 20.8 Å². The predicted octanol–water partition coefficient (Wildman–Crippen LogP) is 4.05. The van der Waals surface area contributed by atoms with E-state index >= 15 is 0 Å². The van der Waals surface area contributed by atoms with E-state index in [2.05, 4.69) is 41.2 Å². The van der Waals surface area contributed by atoms with Crippen LogP contribution in [0.2, 0.25) is 0 Å². The summed E-state index contributed by atoms with van der Waals surface area (Å²) in [6.45, 7) is 3.08. The predicted molar refractivity (Wildman–Crippen MR) is 88.6 cm³/mol. The number of thiophene rings is 1. The molecule has 0 saturated carbocycles. The van der Waals surface area contributed by atoms with Crippen molar-refractivity contribution in [2.24, 2.45) is 0 Å². The van der Waals surface area contributed by atoms with Crippen LogP contribution in [-0.4, -0.2) is 20.8 Å². The van der Waals surface area contributed by atoms with Crippen LogP contribution in [0.4, 0.5) is 0 Å². The van der Waals surface area contributed by atoms with Crippen LogP contribution in [0.3, 0.4) is 0 Å². The largest absolute Gasteiger partial charge is 0.493 e. The normalized spacial score (nSPS) is 12.1. The Labute approximate surface area is 130 Å². The number of hydrogen-bond donors (Lipinski definition) is 1. The first kappa shape index (κ1) is 15.9. The lowest BCUT2D eigenvalue weighted by molar-refractivity contribution is 0.353. The topological polar surface area (TPSA) is 30.5 Å². The van der Waals surface area contributed by atoms with E-state index in [1.807, 2.05) is 6.07 Å². The third-order valence-corrected chi connectivity index (χ3v) is 4.29. The van der Waals surface area contributed by atoms with E-state index in [0.717, 1.165) is 30.9 Å². The summed E-state index contributed by atoms with van der Waals surface area (Å²) < 4.78 is 10.7. The van der Waals surface area contributed by atoms with Crippen molar-refractivity contribution in [3.8, 4) is 11.5 Å². The van der Waals surface area contributed by atoms with Gasteiger partial charge in [0.2, 0.25) is 0 Å². The highest BCUT2D eigenvalue weighted by Crippen LogP contribution is 2.31. The Morgan fingerprint density at radius 1 is 1.14 bits per heavy atom. The summed E-state index contributed by atoms with van der Waals surface area (Å²) in [4.78, 5) is 0. The highest BCUT2D eigenvalue weighted by atomic mass is 32.1. The zero-order valence-corrected chi connectivity index (χ0v) is 13.7. The lowest BCUT2D eigenvalue weighted by Crippen LogP contribution is -2.21. The average Bonchev–Trinajstić information content (AvgIpc) is 3.04. The quantitative estimate of drug-likeness (QED) is 0.798. The van der Waals surface area contributed by atoms with Gasteiger partial charge in [0, 0.05) is 6.04 Å². The molecule has 0 aliphatic rings. The number of ether oxygens (including phenoxy) is 2. The molecule has 0 aliphatic carbocycles. The number of nitrogens with one attached hydrogen (secondary N) is 1. The molecule has 3 nitrogen and oxygen atoms in total. The summed E-state index contributed by atoms with van der Waals surface area (Å²) in [5.41, 5.74) is 2.65. The first-order chi connectivity index (χ1) is 10.3. The summed E-state index contributed by atoms with van der Waals surface area (Å²) in [5, 5.41) is 7.91. The summed E-state index contributed by atoms with van der Waals surface area (Å²) in [6.07, 6.45) is 2.15. The molecule has 1 aromatic heterocycles. The standard InChI is InChI=1S/C17H23NO2S/c1-4-18-15(7-5-13-9-10-21-12-13)14-6-8-16(19-2)17(11-14)20-3/h6,8-12,15,18H,4-5,7H2,1-3H3. The van der Waals surface area contributed by atoms with Gasteiger partial charge in [-0.05, 0) is 59.5 Å². The van der Waals surface area contributed by atoms with Crippen LogP contribution in [-0.2, 0) is 6.42 Å². The van der Waals surface area contributed by atoms with Crippen LogP contribution in [0.1, 0.15) is 30.5 Å². The molecule has 0 spiro atoms. The highest BCUT2D eigenvalue weighted by Gasteiger charge is 2.13. The van der Waals surface area contributed by atoms with Crippen molar-refractivity contribution in [3.05, 3.63) is 46.2 Å². The van der Waals surface area contributed by atoms with Crippen LogP contribution in [0, 0.1) is 0 Å². The Balaban J connectivity index is 2.13. The molecular weight excluding hydrogens is 282 g/mol. The molecule has 0 saturated heterocycles. The van der Waals surface area contributed by atoms with Gasteiger partial charge in [-0.3, -0.25) is 0 Å². The van der Waals surface area contributed by atoms with Crippen LogP contribution in [0.15, 0.2) is 35.0 Å². The van der Waals surface area contributed by atoms with E-state index in [9.17, 15) is 0 Å². The minimum Gasteiger partial charge on any atom is -0.493 e. The van der Waals surface area contributed by atoms with Crippen molar-refractivity contribution in [1.82, 2.24) is 5.32 Å². The first-order valence-corrected chi connectivity index (χ1v) is 8.19. The maximum Gasteiger partial charge on any atom is 0.161 e. The summed E-state index contributed by atoms with van der Waals surface area (Å²) >= 11 is 1.75. The Morgan fingerprint density at radius 2 is 1.95 bits per heavy atom. The van der Waals surface area contributed by atoms with E-state index in [1.54, 1.807) is 25.6 Å². The number of benzene rings is 1. The Hall–Kier alpha value is -1.52. The van der Waals surface area contributed by atoms with Gasteiger partial charge in [0.05, 0.1) is 14.2 Å². The van der Waals surface area contributed by atoms with Gasteiger partial charge in [-0.2, -0.15) is 11.3 Å². The second kappa shape index (κ2) is 8.05. The third kappa shape index (κ3) is 4.22. The van der Waals surface area contributed by atoms with E-state index in [-0.39, 0.29) is 0 Å². The van der Waals surface area contributed by atoms with Gasteiger partial charge in [0.15, 0.2) is 11.5 Å². The zero-order chi connectivity index (χ0) is 15.1. The Bertz CT molecular complexity index is 540. The summed E-state index contributed by atoms with van der Waals surface area (Å²) in [5.74, 6) is 1.56. The Kier molecular flexibility index (Phi) is 6.08. The summed E-state index contributed by atoms with van der Waals surface area (Å²) in [6, 6.07) is 8.68. The molecular formula is C17H23NO2S. The fourth-order valence-corrected chi connectivity index (χ4v) is 3.15. The van der Waals surface area contributed by atoms with Crippen molar-refractivity contribution in [2.45, 2.75) is 25.8 Å². The van der Waals surface area contributed by atoms with E-state index in [1.165, 1.54) is 11.1 Å². The second-order valence-corrected chi connectivity index (χ2v) is 5.67. The molecule has 1 aromatic carbocycles. The number of aryl methyl sites for hydroxylation is 1. The van der Waals surface area contributed by atoms with E-state index in [4.69, 9.17) is 9.47 Å². The van der Waals surface area contributed by atoms with Gasteiger partial charge < -0.3 is 14.8 Å². The number of rotatable bonds is 8. The molecule has 2 aromatic rings. The zero-order valence-electron chi connectivity index (χ0n) is 12.9.